The maximum atomic E-state index is 12.9. The Hall–Kier alpha value is -2.93. The van der Waals surface area contributed by atoms with Crippen molar-refractivity contribution in [1.82, 2.24) is 20.2 Å². The van der Waals surface area contributed by atoms with Crippen molar-refractivity contribution in [2.24, 2.45) is 0 Å². The van der Waals surface area contributed by atoms with Gasteiger partial charge in [0, 0.05) is 17.8 Å². The number of aromatic amines is 2. The first-order chi connectivity index (χ1) is 12.5. The summed E-state index contributed by atoms with van der Waals surface area (Å²) in [5, 5.41) is 7.96. The molecule has 0 bridgehead atoms. The van der Waals surface area contributed by atoms with E-state index in [9.17, 15) is 8.42 Å². The molecule has 0 saturated carbocycles. The van der Waals surface area contributed by atoms with E-state index in [4.69, 9.17) is 0 Å². The number of sulfone groups is 1. The highest BCUT2D eigenvalue weighted by molar-refractivity contribution is 7.90. The average Bonchev–Trinajstić information content (AvgIpc) is 3.25. The molecule has 0 unspecified atom stereocenters. The van der Waals surface area contributed by atoms with Crippen LogP contribution in [0.4, 0.5) is 0 Å². The predicted molar refractivity (Wildman–Crippen MR) is 100 cm³/mol. The number of H-pyrrole nitrogens is 2. The van der Waals surface area contributed by atoms with Gasteiger partial charge in [0.05, 0.1) is 16.3 Å². The molecule has 26 heavy (non-hydrogen) atoms. The summed E-state index contributed by atoms with van der Waals surface area (Å²) < 4.78 is 25.8. The largest absolute Gasteiger partial charge is 0.359 e. The van der Waals surface area contributed by atoms with Gasteiger partial charge in [0.1, 0.15) is 5.69 Å². The van der Waals surface area contributed by atoms with Gasteiger partial charge in [-0.25, -0.2) is 13.4 Å². The summed E-state index contributed by atoms with van der Waals surface area (Å²) in [6.45, 7) is 3.87. The second-order valence-corrected chi connectivity index (χ2v) is 8.34. The number of nitrogens with zero attached hydrogens (tertiary/aromatic N) is 2. The third kappa shape index (κ3) is 2.80. The Morgan fingerprint density at radius 2 is 1.85 bits per heavy atom. The molecule has 0 aliphatic carbocycles. The number of hydrogen-bond donors (Lipinski definition) is 2. The molecule has 6 nitrogen and oxygen atoms in total. The third-order valence-electron chi connectivity index (χ3n) is 4.59. The van der Waals surface area contributed by atoms with Crippen molar-refractivity contribution < 1.29 is 8.42 Å². The van der Waals surface area contributed by atoms with Gasteiger partial charge < -0.3 is 4.98 Å². The molecular formula is C19H18N4O2S. The molecule has 132 valence electrons. The minimum absolute atomic E-state index is 0.0222. The van der Waals surface area contributed by atoms with E-state index in [1.165, 1.54) is 6.20 Å². The topological polar surface area (TPSA) is 91.5 Å². The van der Waals surface area contributed by atoms with E-state index in [1.54, 1.807) is 12.3 Å². The van der Waals surface area contributed by atoms with Crippen LogP contribution in [0, 0.1) is 13.8 Å². The predicted octanol–water partition coefficient (Wildman–Crippen LogP) is 3.54. The number of hydrogen-bond acceptors (Lipinski definition) is 4. The van der Waals surface area contributed by atoms with E-state index in [0.717, 1.165) is 22.1 Å². The molecule has 1 aromatic carbocycles. The van der Waals surface area contributed by atoms with Crippen molar-refractivity contribution in [2.45, 2.75) is 24.5 Å². The van der Waals surface area contributed by atoms with Crippen LogP contribution in [0.5, 0.6) is 0 Å². The average molecular weight is 366 g/mol. The Morgan fingerprint density at radius 3 is 2.62 bits per heavy atom. The molecule has 3 heterocycles. The zero-order valence-corrected chi connectivity index (χ0v) is 15.3. The molecule has 0 saturated heterocycles. The van der Waals surface area contributed by atoms with E-state index < -0.39 is 9.84 Å². The van der Waals surface area contributed by atoms with Gasteiger partial charge in [0.2, 0.25) is 0 Å². The summed E-state index contributed by atoms with van der Waals surface area (Å²) in [5.74, 6) is -0.0222. The normalized spacial score (nSPS) is 11.9. The second-order valence-electron chi connectivity index (χ2n) is 6.35. The Kier molecular flexibility index (Phi) is 3.88. The molecular weight excluding hydrogens is 348 g/mol. The highest BCUT2D eigenvalue weighted by Gasteiger charge is 2.21. The van der Waals surface area contributed by atoms with Gasteiger partial charge >= 0.3 is 0 Å². The van der Waals surface area contributed by atoms with Crippen LogP contribution in [0.3, 0.4) is 0 Å². The van der Waals surface area contributed by atoms with Crippen LogP contribution >= 0.6 is 0 Å². The number of rotatable bonds is 4. The molecule has 0 fully saturated rings. The quantitative estimate of drug-likeness (QED) is 0.578. The molecule has 4 rings (SSSR count). The fraction of sp³-hybridized carbons (Fsp3) is 0.158. The van der Waals surface area contributed by atoms with Gasteiger partial charge in [-0.15, -0.1) is 0 Å². The summed E-state index contributed by atoms with van der Waals surface area (Å²) in [7, 11) is -3.47. The van der Waals surface area contributed by atoms with Crippen molar-refractivity contribution in [3.63, 3.8) is 0 Å². The second kappa shape index (κ2) is 6.10. The van der Waals surface area contributed by atoms with Crippen LogP contribution < -0.4 is 0 Å². The zero-order valence-electron chi connectivity index (χ0n) is 14.4. The Balaban J connectivity index is 1.71. The highest BCUT2D eigenvalue weighted by atomic mass is 32.2. The number of aryl methyl sites for hydroxylation is 2. The third-order valence-corrected chi connectivity index (χ3v) is 6.21. The lowest BCUT2D eigenvalue weighted by Gasteiger charge is -2.09. The fourth-order valence-electron chi connectivity index (χ4n) is 3.10. The van der Waals surface area contributed by atoms with E-state index in [1.807, 2.05) is 44.2 Å². The lowest BCUT2D eigenvalue weighted by molar-refractivity contribution is 0.595. The van der Waals surface area contributed by atoms with Crippen molar-refractivity contribution in [2.75, 3.05) is 0 Å². The van der Waals surface area contributed by atoms with Crippen molar-refractivity contribution in [1.29, 1.82) is 0 Å². The molecule has 7 heteroatoms. The van der Waals surface area contributed by atoms with Gasteiger partial charge in [-0.05, 0) is 48.7 Å². The van der Waals surface area contributed by atoms with Crippen LogP contribution in [0.25, 0.3) is 22.4 Å². The van der Waals surface area contributed by atoms with Gasteiger partial charge in [-0.3, -0.25) is 5.10 Å². The Labute approximate surface area is 151 Å². The minimum Gasteiger partial charge on any atom is -0.359 e. The number of pyridine rings is 1. The van der Waals surface area contributed by atoms with Crippen LogP contribution in [0.1, 0.15) is 16.7 Å². The SMILES string of the molecule is Cc1cccc(C)c1CS(=O)(=O)c1c[nH]c(-c2n[nH]c3ncccc23)c1. The van der Waals surface area contributed by atoms with Crippen LogP contribution in [0.2, 0.25) is 0 Å². The van der Waals surface area contributed by atoms with Crippen molar-refractivity contribution in [3.8, 4) is 11.4 Å². The van der Waals surface area contributed by atoms with Gasteiger partial charge in [0.25, 0.3) is 0 Å². The van der Waals surface area contributed by atoms with Gasteiger partial charge in [0.15, 0.2) is 15.5 Å². The number of aromatic nitrogens is 4. The number of nitrogens with one attached hydrogen (secondary N) is 2. The van der Waals surface area contributed by atoms with Crippen molar-refractivity contribution >= 4 is 20.9 Å². The Morgan fingerprint density at radius 1 is 1.08 bits per heavy atom. The lowest BCUT2D eigenvalue weighted by atomic mass is 10.1. The van der Waals surface area contributed by atoms with E-state index in [2.05, 4.69) is 20.2 Å². The van der Waals surface area contributed by atoms with Crippen LogP contribution in [-0.2, 0) is 15.6 Å². The molecule has 0 spiro atoms. The maximum Gasteiger partial charge on any atom is 0.184 e. The maximum absolute atomic E-state index is 12.9. The first kappa shape index (κ1) is 16.5. The smallest absolute Gasteiger partial charge is 0.184 e. The summed E-state index contributed by atoms with van der Waals surface area (Å²) in [6, 6.07) is 11.2. The fourth-order valence-corrected chi connectivity index (χ4v) is 4.64. The first-order valence-corrected chi connectivity index (χ1v) is 9.87. The molecule has 0 amide bonds. The van der Waals surface area contributed by atoms with Crippen LogP contribution in [0.15, 0.2) is 53.7 Å². The number of fused-ring (bicyclic) bond motifs is 1. The van der Waals surface area contributed by atoms with E-state index >= 15 is 0 Å². The molecule has 0 aliphatic heterocycles. The molecule has 4 aromatic rings. The first-order valence-electron chi connectivity index (χ1n) is 8.21. The summed E-state index contributed by atoms with van der Waals surface area (Å²) in [4.78, 5) is 7.50. The molecule has 3 aromatic heterocycles. The molecule has 0 aliphatic rings. The summed E-state index contributed by atoms with van der Waals surface area (Å²) in [5.41, 5.74) is 4.77. The van der Waals surface area contributed by atoms with Crippen LogP contribution in [-0.4, -0.2) is 28.6 Å². The summed E-state index contributed by atoms with van der Waals surface area (Å²) in [6.07, 6.45) is 3.20. The van der Waals surface area contributed by atoms with E-state index in [0.29, 0.717) is 17.0 Å². The Bertz CT molecular complexity index is 1180. The zero-order chi connectivity index (χ0) is 18.3. The minimum atomic E-state index is -3.47. The van der Waals surface area contributed by atoms with Gasteiger partial charge in [-0.2, -0.15) is 5.10 Å². The number of benzene rings is 1. The highest BCUT2D eigenvalue weighted by Crippen LogP contribution is 2.28. The van der Waals surface area contributed by atoms with Crippen molar-refractivity contribution in [3.05, 3.63) is 65.5 Å². The molecule has 0 atom stereocenters. The molecule has 2 N–H and O–H groups in total. The van der Waals surface area contributed by atoms with Gasteiger partial charge in [-0.1, -0.05) is 18.2 Å². The molecule has 0 radical (unpaired) electrons. The lowest BCUT2D eigenvalue weighted by Crippen LogP contribution is -2.06. The van der Waals surface area contributed by atoms with E-state index in [-0.39, 0.29) is 10.6 Å². The summed E-state index contributed by atoms with van der Waals surface area (Å²) >= 11 is 0. The monoisotopic (exact) mass is 366 g/mol. The standard InChI is InChI=1S/C19H18N4O2S/c1-12-5-3-6-13(2)16(12)11-26(24,25)14-9-17(21-10-14)18-15-7-4-8-20-19(15)23-22-18/h3-10,21H,11H2,1-2H3,(H,20,22,23).